The number of para-hydroxylation sites is 1. The Kier molecular flexibility index (Phi) is 6.01. The molecule has 5 nitrogen and oxygen atoms in total. The fraction of sp³-hybridized carbons (Fsp3) is 0.107. The molecular formula is C28H21FN2O3S. The molecule has 5 rings (SSSR count). The van der Waals surface area contributed by atoms with Crippen molar-refractivity contribution < 1.29 is 18.7 Å². The summed E-state index contributed by atoms with van der Waals surface area (Å²) < 4.78 is 20.7. The van der Waals surface area contributed by atoms with Gasteiger partial charge in [-0.1, -0.05) is 24.3 Å². The molecule has 0 atom stereocenters. The third kappa shape index (κ3) is 4.38. The van der Waals surface area contributed by atoms with Gasteiger partial charge in [0.15, 0.2) is 6.61 Å². The SMILES string of the molecule is Cc1cc(C(=O)COC(=O)c2cc(-c3cccs3)nc3ccccc23)c(C)n1-c1ccc(F)cc1. The first kappa shape index (κ1) is 22.7. The van der Waals surface area contributed by atoms with Gasteiger partial charge in [0, 0.05) is 28.0 Å². The summed E-state index contributed by atoms with van der Waals surface area (Å²) in [7, 11) is 0. The Labute approximate surface area is 205 Å². The highest BCUT2D eigenvalue weighted by molar-refractivity contribution is 7.13. The van der Waals surface area contributed by atoms with E-state index in [1.54, 1.807) is 24.3 Å². The highest BCUT2D eigenvalue weighted by atomic mass is 32.1. The average Bonchev–Trinajstić information content (AvgIpc) is 3.50. The molecule has 7 heteroatoms. The summed E-state index contributed by atoms with van der Waals surface area (Å²) in [4.78, 5) is 31.7. The monoisotopic (exact) mass is 484 g/mol. The number of Topliss-reactive ketones (excluding diaryl/α,β-unsaturated/α-hetero) is 1. The molecule has 0 aliphatic carbocycles. The van der Waals surface area contributed by atoms with E-state index in [0.717, 1.165) is 16.3 Å². The van der Waals surface area contributed by atoms with Crippen LogP contribution in [0.5, 0.6) is 0 Å². The van der Waals surface area contributed by atoms with Crippen molar-refractivity contribution in [1.29, 1.82) is 0 Å². The second kappa shape index (κ2) is 9.27. The lowest BCUT2D eigenvalue weighted by atomic mass is 10.1. The number of ketones is 1. The van der Waals surface area contributed by atoms with Crippen molar-refractivity contribution in [2.75, 3.05) is 6.61 Å². The Bertz CT molecular complexity index is 1550. The van der Waals surface area contributed by atoms with Crippen molar-refractivity contribution in [1.82, 2.24) is 9.55 Å². The summed E-state index contributed by atoms with van der Waals surface area (Å²) in [6, 6.07) is 20.8. The van der Waals surface area contributed by atoms with E-state index in [1.807, 2.05) is 60.2 Å². The molecule has 5 aromatic rings. The molecule has 3 heterocycles. The number of ether oxygens (including phenoxy) is 1. The summed E-state index contributed by atoms with van der Waals surface area (Å²) in [6.07, 6.45) is 0. The Balaban J connectivity index is 1.40. The van der Waals surface area contributed by atoms with Gasteiger partial charge in [-0.3, -0.25) is 4.79 Å². The molecule has 0 bridgehead atoms. The zero-order chi connectivity index (χ0) is 24.5. The Hall–Kier alpha value is -4.10. The number of hydrogen-bond donors (Lipinski definition) is 0. The standard InChI is InChI=1S/C28H21FN2O3S/c1-17-14-22(18(2)31(17)20-11-9-19(29)10-12-20)26(32)16-34-28(33)23-15-25(27-8-5-13-35-27)30-24-7-4-3-6-21(23)24/h3-15H,16H2,1-2H3. The minimum absolute atomic E-state index is 0.309. The van der Waals surface area contributed by atoms with Crippen molar-refractivity contribution >= 4 is 34.0 Å². The largest absolute Gasteiger partial charge is 0.454 e. The predicted molar refractivity (Wildman–Crippen MR) is 135 cm³/mol. The highest BCUT2D eigenvalue weighted by Crippen LogP contribution is 2.28. The van der Waals surface area contributed by atoms with Gasteiger partial charge in [0.1, 0.15) is 5.82 Å². The van der Waals surface area contributed by atoms with Crippen LogP contribution in [0.4, 0.5) is 4.39 Å². The van der Waals surface area contributed by atoms with Crippen LogP contribution in [-0.2, 0) is 4.74 Å². The highest BCUT2D eigenvalue weighted by Gasteiger charge is 2.20. The molecule has 0 unspecified atom stereocenters. The van der Waals surface area contributed by atoms with Crippen molar-refractivity contribution in [3.05, 3.63) is 107 Å². The smallest absolute Gasteiger partial charge is 0.339 e. The van der Waals surface area contributed by atoms with Crippen LogP contribution in [0, 0.1) is 19.7 Å². The molecule has 2 aromatic carbocycles. The van der Waals surface area contributed by atoms with Crippen LogP contribution in [0.1, 0.15) is 32.1 Å². The number of aromatic nitrogens is 2. The van der Waals surface area contributed by atoms with E-state index in [9.17, 15) is 14.0 Å². The van der Waals surface area contributed by atoms with Gasteiger partial charge in [0.05, 0.1) is 21.7 Å². The van der Waals surface area contributed by atoms with Gasteiger partial charge >= 0.3 is 5.97 Å². The van der Waals surface area contributed by atoms with E-state index >= 15 is 0 Å². The molecule has 0 saturated heterocycles. The molecule has 0 aliphatic rings. The van der Waals surface area contributed by atoms with Gasteiger partial charge in [-0.15, -0.1) is 11.3 Å². The minimum atomic E-state index is -0.581. The normalized spacial score (nSPS) is 11.1. The van der Waals surface area contributed by atoms with Crippen LogP contribution in [0.15, 0.2) is 78.2 Å². The molecule has 0 N–H and O–H groups in total. The molecule has 0 aliphatic heterocycles. The van der Waals surface area contributed by atoms with E-state index in [-0.39, 0.29) is 11.6 Å². The number of hydrogen-bond acceptors (Lipinski definition) is 5. The van der Waals surface area contributed by atoms with E-state index in [2.05, 4.69) is 4.98 Å². The summed E-state index contributed by atoms with van der Waals surface area (Å²) >= 11 is 1.53. The lowest BCUT2D eigenvalue weighted by Gasteiger charge is -2.11. The van der Waals surface area contributed by atoms with Crippen molar-refractivity contribution in [2.24, 2.45) is 0 Å². The maximum atomic E-state index is 13.3. The molecule has 174 valence electrons. The number of aryl methyl sites for hydroxylation is 1. The summed E-state index contributed by atoms with van der Waals surface area (Å²) in [5.41, 5.74) is 4.46. The zero-order valence-corrected chi connectivity index (χ0v) is 19.9. The van der Waals surface area contributed by atoms with Crippen LogP contribution < -0.4 is 0 Å². The summed E-state index contributed by atoms with van der Waals surface area (Å²) in [6.45, 7) is 3.29. The van der Waals surface area contributed by atoms with Gasteiger partial charge in [-0.05, 0) is 67.8 Å². The number of benzene rings is 2. The predicted octanol–water partition coefficient (Wildman–Crippen LogP) is 6.55. The number of pyridine rings is 1. The average molecular weight is 485 g/mol. The molecule has 0 spiro atoms. The Morgan fingerprint density at radius 2 is 1.74 bits per heavy atom. The molecule has 0 radical (unpaired) electrons. The molecule has 3 aromatic heterocycles. The zero-order valence-electron chi connectivity index (χ0n) is 19.1. The van der Waals surface area contributed by atoms with Crippen LogP contribution >= 0.6 is 11.3 Å². The first-order chi connectivity index (χ1) is 16.9. The molecule has 35 heavy (non-hydrogen) atoms. The van der Waals surface area contributed by atoms with Gasteiger partial charge in [-0.2, -0.15) is 0 Å². The van der Waals surface area contributed by atoms with Crippen LogP contribution in [0.3, 0.4) is 0 Å². The molecule has 0 amide bonds. The topological polar surface area (TPSA) is 61.2 Å². The summed E-state index contributed by atoms with van der Waals surface area (Å²) in [5.74, 6) is -1.22. The molecular weight excluding hydrogens is 463 g/mol. The van der Waals surface area contributed by atoms with Gasteiger partial charge in [0.25, 0.3) is 0 Å². The lowest BCUT2D eigenvalue weighted by molar-refractivity contribution is 0.0476. The fourth-order valence-electron chi connectivity index (χ4n) is 4.21. The maximum absolute atomic E-state index is 13.3. The second-order valence-corrected chi connectivity index (χ2v) is 9.09. The number of carbonyl (C=O) groups excluding carboxylic acids is 2. The van der Waals surface area contributed by atoms with Crippen molar-refractivity contribution in [3.63, 3.8) is 0 Å². The lowest BCUT2D eigenvalue weighted by Crippen LogP contribution is -2.15. The van der Waals surface area contributed by atoms with Crippen molar-refractivity contribution in [3.8, 4) is 16.3 Å². The number of nitrogens with zero attached hydrogens (tertiary/aromatic N) is 2. The van der Waals surface area contributed by atoms with Gasteiger partial charge < -0.3 is 9.30 Å². The quantitative estimate of drug-likeness (QED) is 0.203. The Morgan fingerprint density at radius 3 is 2.49 bits per heavy atom. The second-order valence-electron chi connectivity index (χ2n) is 8.15. The first-order valence-corrected chi connectivity index (χ1v) is 11.9. The van der Waals surface area contributed by atoms with E-state index in [4.69, 9.17) is 4.74 Å². The summed E-state index contributed by atoms with van der Waals surface area (Å²) in [5, 5.41) is 2.62. The first-order valence-electron chi connectivity index (χ1n) is 11.0. The van der Waals surface area contributed by atoms with Crippen molar-refractivity contribution in [2.45, 2.75) is 13.8 Å². The third-order valence-electron chi connectivity index (χ3n) is 5.86. The minimum Gasteiger partial charge on any atom is -0.454 e. The number of fused-ring (bicyclic) bond motifs is 1. The van der Waals surface area contributed by atoms with Crippen LogP contribution in [-0.4, -0.2) is 27.9 Å². The fourth-order valence-corrected chi connectivity index (χ4v) is 4.90. The number of thiophene rings is 1. The van der Waals surface area contributed by atoms with Gasteiger partial charge in [0.2, 0.25) is 5.78 Å². The maximum Gasteiger partial charge on any atom is 0.339 e. The number of carbonyl (C=O) groups is 2. The number of esters is 1. The van der Waals surface area contributed by atoms with E-state index < -0.39 is 12.6 Å². The number of rotatable bonds is 6. The van der Waals surface area contributed by atoms with Gasteiger partial charge in [-0.25, -0.2) is 14.2 Å². The van der Waals surface area contributed by atoms with E-state index in [0.29, 0.717) is 33.4 Å². The van der Waals surface area contributed by atoms with Crippen LogP contribution in [0.25, 0.3) is 27.2 Å². The number of halogens is 1. The third-order valence-corrected chi connectivity index (χ3v) is 6.75. The van der Waals surface area contributed by atoms with E-state index in [1.165, 1.54) is 23.5 Å². The molecule has 0 saturated carbocycles. The van der Waals surface area contributed by atoms with Crippen LogP contribution in [0.2, 0.25) is 0 Å². The molecule has 0 fully saturated rings. The Morgan fingerprint density at radius 1 is 0.971 bits per heavy atom.